The lowest BCUT2D eigenvalue weighted by atomic mass is 10.1. The van der Waals surface area contributed by atoms with Gasteiger partial charge in [0.1, 0.15) is 5.75 Å². The highest BCUT2D eigenvalue weighted by atomic mass is 16.5. The first kappa shape index (κ1) is 20.5. The van der Waals surface area contributed by atoms with Gasteiger partial charge in [-0.1, -0.05) is 64.0 Å². The molecule has 0 heterocycles. The van der Waals surface area contributed by atoms with E-state index >= 15 is 0 Å². The first-order valence-electron chi connectivity index (χ1n) is 9.23. The molecule has 136 valence electrons. The van der Waals surface area contributed by atoms with E-state index in [9.17, 15) is 9.90 Å². The average molecular weight is 336 g/mol. The third-order valence-corrected chi connectivity index (χ3v) is 4.05. The lowest BCUT2D eigenvalue weighted by molar-refractivity contribution is -0.139. The molecule has 4 heteroatoms. The second kappa shape index (κ2) is 12.8. The summed E-state index contributed by atoms with van der Waals surface area (Å²) in [5, 5.41) is 18.4. The number of carbonyl (C=O) groups is 1. The van der Waals surface area contributed by atoms with Gasteiger partial charge in [-0.05, 0) is 30.5 Å². The van der Waals surface area contributed by atoms with E-state index in [1.807, 2.05) is 24.3 Å². The van der Waals surface area contributed by atoms with Crippen LogP contribution in [0.3, 0.4) is 0 Å². The monoisotopic (exact) mass is 336 g/mol. The number of carboxylic acids is 1. The highest BCUT2D eigenvalue weighted by Gasteiger charge is 2.10. The van der Waals surface area contributed by atoms with Crippen molar-refractivity contribution in [1.82, 2.24) is 0 Å². The van der Waals surface area contributed by atoms with Gasteiger partial charge in [0.05, 0.1) is 19.1 Å². The van der Waals surface area contributed by atoms with Crippen molar-refractivity contribution in [3.05, 3.63) is 29.8 Å². The van der Waals surface area contributed by atoms with E-state index in [1.54, 1.807) is 0 Å². The van der Waals surface area contributed by atoms with Gasteiger partial charge in [-0.25, -0.2) is 0 Å². The number of aliphatic hydroxyl groups excluding tert-OH is 1. The summed E-state index contributed by atoms with van der Waals surface area (Å²) in [4.78, 5) is 10.6. The predicted octanol–water partition coefficient (Wildman–Crippen LogP) is 4.58. The molecule has 0 fully saturated rings. The first-order valence-corrected chi connectivity index (χ1v) is 9.23. The molecule has 0 aliphatic rings. The van der Waals surface area contributed by atoms with Crippen LogP contribution in [0.15, 0.2) is 24.3 Å². The molecule has 0 spiro atoms. The number of aliphatic carboxylic acids is 1. The molecule has 1 aromatic carbocycles. The van der Waals surface area contributed by atoms with Gasteiger partial charge in [-0.3, -0.25) is 4.79 Å². The van der Waals surface area contributed by atoms with E-state index in [0.29, 0.717) is 13.0 Å². The van der Waals surface area contributed by atoms with Crippen LogP contribution in [0.25, 0.3) is 0 Å². The zero-order chi connectivity index (χ0) is 17.6. The Kier molecular flexibility index (Phi) is 10.9. The lowest BCUT2D eigenvalue weighted by Gasteiger charge is -2.10. The Bertz CT molecular complexity index is 459. The molecular formula is C20H32O4. The quantitative estimate of drug-likeness (QED) is 0.488. The van der Waals surface area contributed by atoms with Gasteiger partial charge in [0.15, 0.2) is 0 Å². The van der Waals surface area contributed by atoms with E-state index in [0.717, 1.165) is 17.7 Å². The fraction of sp³-hybridized carbons (Fsp3) is 0.650. The second-order valence-electron chi connectivity index (χ2n) is 6.43. The van der Waals surface area contributed by atoms with E-state index in [1.165, 1.54) is 44.9 Å². The van der Waals surface area contributed by atoms with Crippen LogP contribution in [0, 0.1) is 0 Å². The smallest absolute Gasteiger partial charge is 0.305 e. The van der Waals surface area contributed by atoms with E-state index in [2.05, 4.69) is 6.92 Å². The molecular weight excluding hydrogens is 304 g/mol. The summed E-state index contributed by atoms with van der Waals surface area (Å²) in [7, 11) is 0. The molecule has 0 aromatic heterocycles. The van der Waals surface area contributed by atoms with Gasteiger partial charge in [-0.2, -0.15) is 0 Å². The van der Waals surface area contributed by atoms with Crippen molar-refractivity contribution in [3.63, 3.8) is 0 Å². The van der Waals surface area contributed by atoms with Crippen LogP contribution in [-0.2, 0) is 11.2 Å². The van der Waals surface area contributed by atoms with Crippen LogP contribution in [-0.4, -0.2) is 28.9 Å². The SMILES string of the molecule is CCCCCCCCCCOc1cccc(CC(O)CC(=O)O)c1. The number of rotatable bonds is 14. The zero-order valence-electron chi connectivity index (χ0n) is 14.9. The Hall–Kier alpha value is -1.55. The van der Waals surface area contributed by atoms with Crippen molar-refractivity contribution >= 4 is 5.97 Å². The lowest BCUT2D eigenvalue weighted by Crippen LogP contribution is -2.15. The van der Waals surface area contributed by atoms with Crippen LogP contribution < -0.4 is 4.74 Å². The number of unbranched alkanes of at least 4 members (excludes halogenated alkanes) is 7. The minimum atomic E-state index is -0.982. The Morgan fingerprint density at radius 3 is 2.42 bits per heavy atom. The molecule has 0 aliphatic heterocycles. The maximum atomic E-state index is 10.6. The summed E-state index contributed by atoms with van der Waals surface area (Å²) in [5.74, 6) is -0.192. The maximum Gasteiger partial charge on any atom is 0.305 e. The van der Waals surface area contributed by atoms with E-state index in [-0.39, 0.29) is 6.42 Å². The van der Waals surface area contributed by atoms with Crippen molar-refractivity contribution < 1.29 is 19.7 Å². The zero-order valence-corrected chi connectivity index (χ0v) is 14.9. The summed E-state index contributed by atoms with van der Waals surface area (Å²) in [6, 6.07) is 7.55. The largest absolute Gasteiger partial charge is 0.494 e. The Morgan fingerprint density at radius 1 is 1.08 bits per heavy atom. The van der Waals surface area contributed by atoms with Gasteiger partial charge in [0.2, 0.25) is 0 Å². The van der Waals surface area contributed by atoms with E-state index in [4.69, 9.17) is 9.84 Å². The molecule has 1 aromatic rings. The average Bonchev–Trinajstić information content (AvgIpc) is 2.53. The van der Waals surface area contributed by atoms with Gasteiger partial charge < -0.3 is 14.9 Å². The second-order valence-corrected chi connectivity index (χ2v) is 6.43. The molecule has 0 aliphatic carbocycles. The summed E-state index contributed by atoms with van der Waals surface area (Å²) in [6.45, 7) is 2.94. The summed E-state index contributed by atoms with van der Waals surface area (Å²) >= 11 is 0. The molecule has 4 nitrogen and oxygen atoms in total. The van der Waals surface area contributed by atoms with Crippen LogP contribution in [0.4, 0.5) is 0 Å². The number of ether oxygens (including phenoxy) is 1. The molecule has 1 unspecified atom stereocenters. The standard InChI is InChI=1S/C20H32O4/c1-2-3-4-5-6-7-8-9-13-24-19-12-10-11-17(15-19)14-18(21)16-20(22)23/h10-12,15,18,21H,2-9,13-14,16H2,1H3,(H,22,23). The van der Waals surface area contributed by atoms with Gasteiger partial charge in [-0.15, -0.1) is 0 Å². The minimum absolute atomic E-state index is 0.233. The minimum Gasteiger partial charge on any atom is -0.494 e. The van der Waals surface area contributed by atoms with Crippen molar-refractivity contribution in [2.24, 2.45) is 0 Å². The van der Waals surface area contributed by atoms with E-state index < -0.39 is 12.1 Å². The van der Waals surface area contributed by atoms with Gasteiger partial charge >= 0.3 is 5.97 Å². The first-order chi connectivity index (χ1) is 11.6. The van der Waals surface area contributed by atoms with Crippen LogP contribution >= 0.6 is 0 Å². The Balaban J connectivity index is 2.17. The molecule has 1 rings (SSSR count). The third kappa shape index (κ3) is 10.3. The molecule has 2 N–H and O–H groups in total. The van der Waals surface area contributed by atoms with Crippen molar-refractivity contribution in [3.8, 4) is 5.75 Å². The van der Waals surface area contributed by atoms with Crippen LogP contribution in [0.2, 0.25) is 0 Å². The summed E-state index contributed by atoms with van der Waals surface area (Å²) in [5.41, 5.74) is 0.900. The number of hydrogen-bond acceptors (Lipinski definition) is 3. The highest BCUT2D eigenvalue weighted by Crippen LogP contribution is 2.16. The maximum absolute atomic E-state index is 10.6. The van der Waals surface area contributed by atoms with Crippen molar-refractivity contribution in [1.29, 1.82) is 0 Å². The summed E-state index contributed by atoms with van der Waals surface area (Å²) in [6.07, 6.45) is 9.42. The number of hydrogen-bond donors (Lipinski definition) is 2. The highest BCUT2D eigenvalue weighted by molar-refractivity contribution is 5.67. The Labute approximate surface area is 145 Å². The number of aliphatic hydroxyl groups is 1. The van der Waals surface area contributed by atoms with Crippen molar-refractivity contribution in [2.45, 2.75) is 77.2 Å². The molecule has 24 heavy (non-hydrogen) atoms. The number of carboxylic acid groups (broad SMARTS) is 1. The fourth-order valence-electron chi connectivity index (χ4n) is 2.73. The van der Waals surface area contributed by atoms with Gasteiger partial charge in [0.25, 0.3) is 0 Å². The topological polar surface area (TPSA) is 66.8 Å². The molecule has 0 radical (unpaired) electrons. The van der Waals surface area contributed by atoms with Crippen LogP contribution in [0.1, 0.15) is 70.3 Å². The third-order valence-electron chi connectivity index (χ3n) is 4.05. The van der Waals surface area contributed by atoms with Crippen LogP contribution in [0.5, 0.6) is 5.75 Å². The Morgan fingerprint density at radius 2 is 1.75 bits per heavy atom. The number of benzene rings is 1. The molecule has 0 amide bonds. The van der Waals surface area contributed by atoms with Crippen molar-refractivity contribution in [2.75, 3.05) is 6.61 Å². The fourth-order valence-corrected chi connectivity index (χ4v) is 2.73. The summed E-state index contributed by atoms with van der Waals surface area (Å²) < 4.78 is 5.76. The molecule has 0 bridgehead atoms. The molecule has 0 saturated carbocycles. The normalized spacial score (nSPS) is 12.1. The molecule has 0 saturated heterocycles. The molecule has 1 atom stereocenters. The predicted molar refractivity (Wildman–Crippen MR) is 96.5 cm³/mol. The van der Waals surface area contributed by atoms with Gasteiger partial charge in [0, 0.05) is 0 Å².